The first-order valence-electron chi connectivity index (χ1n) is 10.2. The Kier molecular flexibility index (Phi) is 5.03. The smallest absolute Gasteiger partial charge is 0.321 e. The number of thiazole rings is 1. The summed E-state index contributed by atoms with van der Waals surface area (Å²) in [6, 6.07) is 15.5. The Labute approximate surface area is 183 Å². The molecular weight excluding hydrogens is 414 g/mol. The van der Waals surface area contributed by atoms with E-state index < -0.39 is 0 Å². The number of carbonyl (C=O) groups excluding carboxylic acids is 3. The highest BCUT2D eigenvalue weighted by Crippen LogP contribution is 2.33. The average Bonchev–Trinajstić information content (AvgIpc) is 3.36. The summed E-state index contributed by atoms with van der Waals surface area (Å²) in [6.07, 6.45) is 0.460. The second kappa shape index (κ2) is 7.99. The van der Waals surface area contributed by atoms with Crippen LogP contribution in [-0.2, 0) is 9.59 Å². The van der Waals surface area contributed by atoms with Crippen molar-refractivity contribution >= 4 is 55.9 Å². The van der Waals surface area contributed by atoms with Crippen molar-refractivity contribution in [3.63, 3.8) is 0 Å². The van der Waals surface area contributed by atoms with Crippen molar-refractivity contribution in [1.82, 2.24) is 9.88 Å². The van der Waals surface area contributed by atoms with Crippen LogP contribution in [0.25, 0.3) is 10.2 Å². The van der Waals surface area contributed by atoms with Gasteiger partial charge in [-0.25, -0.2) is 14.7 Å². The van der Waals surface area contributed by atoms with Crippen LogP contribution in [0.1, 0.15) is 12.8 Å². The minimum Gasteiger partial charge on any atom is -0.368 e. The van der Waals surface area contributed by atoms with E-state index in [2.05, 4.69) is 27.3 Å². The third kappa shape index (κ3) is 3.84. The molecule has 0 radical (unpaired) electrons. The third-order valence-corrected chi connectivity index (χ3v) is 6.56. The standard InChI is InChI=1S/C22H21N5O3S/c28-19-8-9-20(29)27(19)22-24-17-7-6-15(14-18(17)31-22)23-21(30)26-12-10-25(11-13-26)16-4-2-1-3-5-16/h1-7,14H,8-13H2,(H,23,30). The van der Waals surface area contributed by atoms with E-state index >= 15 is 0 Å². The Bertz CT molecular complexity index is 1140. The van der Waals surface area contributed by atoms with Crippen LogP contribution in [0.15, 0.2) is 48.5 Å². The predicted molar refractivity (Wildman–Crippen MR) is 121 cm³/mol. The molecule has 158 valence electrons. The van der Waals surface area contributed by atoms with Crippen molar-refractivity contribution in [3.05, 3.63) is 48.5 Å². The molecule has 2 fully saturated rings. The van der Waals surface area contributed by atoms with Crippen LogP contribution in [0.4, 0.5) is 21.3 Å². The number of anilines is 3. The van der Waals surface area contributed by atoms with Gasteiger partial charge in [-0.2, -0.15) is 0 Å². The lowest BCUT2D eigenvalue weighted by Crippen LogP contribution is -2.50. The van der Waals surface area contributed by atoms with Crippen molar-refractivity contribution in [2.45, 2.75) is 12.8 Å². The fraction of sp³-hybridized carbons (Fsp3) is 0.273. The van der Waals surface area contributed by atoms with Crippen LogP contribution < -0.4 is 15.1 Å². The number of aromatic nitrogens is 1. The van der Waals surface area contributed by atoms with E-state index in [0.29, 0.717) is 29.4 Å². The zero-order valence-corrected chi connectivity index (χ0v) is 17.6. The lowest BCUT2D eigenvalue weighted by molar-refractivity contribution is -0.121. The first-order chi connectivity index (χ1) is 15.1. The van der Waals surface area contributed by atoms with Crippen LogP contribution in [0.3, 0.4) is 0 Å². The Hall–Kier alpha value is -3.46. The molecular formula is C22H21N5O3S. The van der Waals surface area contributed by atoms with Crippen molar-refractivity contribution in [2.24, 2.45) is 0 Å². The van der Waals surface area contributed by atoms with Crippen molar-refractivity contribution in [1.29, 1.82) is 0 Å². The van der Waals surface area contributed by atoms with Crippen LogP contribution in [0.2, 0.25) is 0 Å². The monoisotopic (exact) mass is 435 g/mol. The van der Waals surface area contributed by atoms with Gasteiger partial charge in [0.1, 0.15) is 0 Å². The Morgan fingerprint density at radius 2 is 1.65 bits per heavy atom. The van der Waals surface area contributed by atoms with E-state index in [-0.39, 0.29) is 30.7 Å². The minimum absolute atomic E-state index is 0.137. The molecule has 31 heavy (non-hydrogen) atoms. The van der Waals surface area contributed by atoms with E-state index in [4.69, 9.17) is 0 Å². The normalized spacial score (nSPS) is 17.0. The zero-order valence-electron chi connectivity index (χ0n) is 16.8. The van der Waals surface area contributed by atoms with Gasteiger partial charge in [0.05, 0.1) is 10.2 Å². The molecule has 3 heterocycles. The van der Waals surface area contributed by atoms with Crippen LogP contribution in [0, 0.1) is 0 Å². The quantitative estimate of drug-likeness (QED) is 0.638. The van der Waals surface area contributed by atoms with E-state index in [1.165, 1.54) is 17.0 Å². The number of carbonyl (C=O) groups is 3. The number of para-hydroxylation sites is 1. The molecule has 9 heteroatoms. The molecule has 0 saturated carbocycles. The summed E-state index contributed by atoms with van der Waals surface area (Å²) in [5, 5.41) is 3.35. The fourth-order valence-corrected chi connectivity index (χ4v) is 4.92. The van der Waals surface area contributed by atoms with Gasteiger partial charge in [0.25, 0.3) is 0 Å². The molecule has 0 spiro atoms. The van der Waals surface area contributed by atoms with Crippen molar-refractivity contribution in [2.75, 3.05) is 41.3 Å². The molecule has 8 nitrogen and oxygen atoms in total. The molecule has 1 N–H and O–H groups in total. The molecule has 5 rings (SSSR count). The largest absolute Gasteiger partial charge is 0.368 e. The lowest BCUT2D eigenvalue weighted by atomic mass is 10.2. The van der Waals surface area contributed by atoms with E-state index in [9.17, 15) is 14.4 Å². The molecule has 2 saturated heterocycles. The molecule has 2 aromatic carbocycles. The summed E-state index contributed by atoms with van der Waals surface area (Å²) in [4.78, 5) is 46.3. The third-order valence-electron chi connectivity index (χ3n) is 5.56. The molecule has 2 aliphatic rings. The number of hydrogen-bond donors (Lipinski definition) is 1. The number of rotatable bonds is 3. The molecule has 0 unspecified atom stereocenters. The fourth-order valence-electron chi connectivity index (χ4n) is 3.88. The van der Waals surface area contributed by atoms with Gasteiger partial charge in [-0.3, -0.25) is 9.59 Å². The van der Waals surface area contributed by atoms with E-state index in [1.54, 1.807) is 12.1 Å². The highest BCUT2D eigenvalue weighted by molar-refractivity contribution is 7.22. The van der Waals surface area contributed by atoms with E-state index in [1.807, 2.05) is 29.2 Å². The number of benzene rings is 2. The summed E-state index contributed by atoms with van der Waals surface area (Å²) in [5.41, 5.74) is 2.53. The van der Waals surface area contributed by atoms with Crippen LogP contribution >= 0.6 is 11.3 Å². The molecule has 0 atom stereocenters. The van der Waals surface area contributed by atoms with Crippen LogP contribution in [0.5, 0.6) is 0 Å². The Balaban J connectivity index is 1.25. The van der Waals surface area contributed by atoms with Gasteiger partial charge in [-0.05, 0) is 30.3 Å². The van der Waals surface area contributed by atoms with Crippen molar-refractivity contribution in [3.8, 4) is 0 Å². The highest BCUT2D eigenvalue weighted by atomic mass is 32.1. The number of piperazine rings is 1. The summed E-state index contributed by atoms with van der Waals surface area (Å²) in [7, 11) is 0. The predicted octanol–water partition coefficient (Wildman–Crippen LogP) is 3.30. The number of amides is 4. The van der Waals surface area contributed by atoms with Crippen LogP contribution in [-0.4, -0.2) is 53.9 Å². The number of nitrogens with zero attached hydrogens (tertiary/aromatic N) is 4. The maximum absolute atomic E-state index is 12.7. The van der Waals surface area contributed by atoms with Gasteiger partial charge in [0.2, 0.25) is 11.8 Å². The first-order valence-corrected chi connectivity index (χ1v) is 11.0. The van der Waals surface area contributed by atoms with Gasteiger partial charge < -0.3 is 15.1 Å². The number of nitrogens with one attached hydrogen (secondary N) is 1. The summed E-state index contributed by atoms with van der Waals surface area (Å²) < 4.78 is 0.814. The molecule has 0 aliphatic carbocycles. The van der Waals surface area contributed by atoms with Gasteiger partial charge in [-0.1, -0.05) is 29.5 Å². The SMILES string of the molecule is O=C(Nc1ccc2nc(N3C(=O)CCC3=O)sc2c1)N1CCN(c2ccccc2)CC1. The topological polar surface area (TPSA) is 85.8 Å². The van der Waals surface area contributed by atoms with Gasteiger partial charge in [-0.15, -0.1) is 0 Å². The van der Waals surface area contributed by atoms with Gasteiger partial charge in [0, 0.05) is 50.4 Å². The Morgan fingerprint density at radius 1 is 0.935 bits per heavy atom. The summed E-state index contributed by atoms with van der Waals surface area (Å²) >= 11 is 1.28. The Morgan fingerprint density at radius 3 is 2.35 bits per heavy atom. The maximum Gasteiger partial charge on any atom is 0.321 e. The summed E-state index contributed by atoms with van der Waals surface area (Å²) in [6.45, 7) is 2.86. The highest BCUT2D eigenvalue weighted by Gasteiger charge is 2.32. The van der Waals surface area contributed by atoms with Gasteiger partial charge >= 0.3 is 6.03 Å². The first kappa shape index (κ1) is 19.5. The number of urea groups is 1. The number of fused-ring (bicyclic) bond motifs is 1. The van der Waals surface area contributed by atoms with Gasteiger partial charge in [0.15, 0.2) is 5.13 Å². The summed E-state index contributed by atoms with van der Waals surface area (Å²) in [5.74, 6) is -0.431. The molecule has 1 aromatic heterocycles. The number of hydrogen-bond acceptors (Lipinski definition) is 6. The second-order valence-electron chi connectivity index (χ2n) is 7.54. The molecule has 4 amide bonds. The molecule has 0 bridgehead atoms. The maximum atomic E-state index is 12.7. The average molecular weight is 436 g/mol. The molecule has 2 aliphatic heterocycles. The second-order valence-corrected chi connectivity index (χ2v) is 8.55. The lowest BCUT2D eigenvalue weighted by Gasteiger charge is -2.36. The van der Waals surface area contributed by atoms with Crippen molar-refractivity contribution < 1.29 is 14.4 Å². The number of imide groups is 1. The van der Waals surface area contributed by atoms with E-state index in [0.717, 1.165) is 22.7 Å². The zero-order chi connectivity index (χ0) is 21.4. The molecule has 3 aromatic rings. The minimum atomic E-state index is -0.216.